The Morgan fingerprint density at radius 2 is 2.08 bits per heavy atom. The van der Waals surface area contributed by atoms with Crippen LogP contribution in [0, 0.1) is 0 Å². The van der Waals surface area contributed by atoms with Gasteiger partial charge in [0, 0.05) is 44.8 Å². The zero-order valence-corrected chi connectivity index (χ0v) is 14.9. The number of piperazine rings is 1. The lowest BCUT2D eigenvalue weighted by molar-refractivity contribution is -0.119. The van der Waals surface area contributed by atoms with Crippen LogP contribution in [0.1, 0.15) is 10.4 Å². The molecule has 0 atom stereocenters. The van der Waals surface area contributed by atoms with Gasteiger partial charge in [0.25, 0.3) is 11.8 Å². The Bertz CT molecular complexity index is 620. The molecular formula is C16H23ClN4O4. The fourth-order valence-electron chi connectivity index (χ4n) is 2.50. The predicted molar refractivity (Wildman–Crippen MR) is 94.3 cm³/mol. The summed E-state index contributed by atoms with van der Waals surface area (Å²) in [5.74, 6) is -0.439. The molecule has 2 rings (SSSR count). The van der Waals surface area contributed by atoms with Crippen molar-refractivity contribution in [2.45, 2.75) is 0 Å². The van der Waals surface area contributed by atoms with Gasteiger partial charge in [0.1, 0.15) is 0 Å². The van der Waals surface area contributed by atoms with Crippen molar-refractivity contribution in [3.8, 4) is 11.5 Å². The quantitative estimate of drug-likeness (QED) is 0.587. The number of hydrogen-bond donors (Lipinski definition) is 3. The largest absolute Gasteiger partial charge is 0.493 e. The number of methoxy groups -OCH3 is 1. The Kier molecular flexibility index (Phi) is 7.30. The second-order valence-corrected chi connectivity index (χ2v) is 6.00. The first-order valence-electron chi connectivity index (χ1n) is 8.01. The van der Waals surface area contributed by atoms with E-state index in [0.29, 0.717) is 12.1 Å². The van der Waals surface area contributed by atoms with Crippen LogP contribution in [-0.2, 0) is 4.79 Å². The van der Waals surface area contributed by atoms with Gasteiger partial charge >= 0.3 is 0 Å². The zero-order valence-electron chi connectivity index (χ0n) is 14.1. The van der Waals surface area contributed by atoms with Crippen molar-refractivity contribution in [3.63, 3.8) is 0 Å². The Morgan fingerprint density at radius 1 is 1.36 bits per heavy atom. The molecule has 1 aromatic carbocycles. The molecule has 138 valence electrons. The maximum atomic E-state index is 12.3. The van der Waals surface area contributed by atoms with Gasteiger partial charge in [0.05, 0.1) is 12.1 Å². The molecule has 1 fully saturated rings. The summed E-state index contributed by atoms with van der Waals surface area (Å²) in [6.45, 7) is 4.88. The van der Waals surface area contributed by atoms with Crippen LogP contribution in [0.15, 0.2) is 12.1 Å². The van der Waals surface area contributed by atoms with Gasteiger partial charge in [0.2, 0.25) is 0 Å². The Balaban J connectivity index is 1.96. The third-order valence-corrected chi connectivity index (χ3v) is 4.05. The summed E-state index contributed by atoms with van der Waals surface area (Å²) in [7, 11) is 1.43. The molecular weight excluding hydrogens is 348 g/mol. The molecule has 9 heteroatoms. The second-order valence-electron chi connectivity index (χ2n) is 5.59. The van der Waals surface area contributed by atoms with Crippen LogP contribution in [0.4, 0.5) is 0 Å². The average molecular weight is 371 g/mol. The molecule has 1 aliphatic heterocycles. The lowest BCUT2D eigenvalue weighted by atomic mass is 10.2. The number of amides is 2. The summed E-state index contributed by atoms with van der Waals surface area (Å²) < 4.78 is 10.4. The molecule has 4 N–H and O–H groups in total. The number of ether oxygens (including phenoxy) is 2. The van der Waals surface area contributed by atoms with Crippen molar-refractivity contribution in [1.29, 1.82) is 0 Å². The van der Waals surface area contributed by atoms with Crippen LogP contribution in [0.2, 0.25) is 5.02 Å². The number of halogens is 1. The summed E-state index contributed by atoms with van der Waals surface area (Å²) >= 11 is 6.14. The number of carbonyl (C=O) groups is 2. The molecule has 0 bridgehead atoms. The minimum atomic E-state index is -0.632. The standard InChI is InChI=1S/C16H23ClN4O4/c1-24-13-9-11(8-12(17)15(13)25-10-14(18)22)16(23)20-4-7-21-5-2-19-3-6-21/h8-9,19H,2-7,10H2,1H3,(H2,18,22)(H,20,23). The molecule has 25 heavy (non-hydrogen) atoms. The highest BCUT2D eigenvalue weighted by Gasteiger charge is 2.17. The number of primary amides is 1. The van der Waals surface area contributed by atoms with E-state index in [2.05, 4.69) is 15.5 Å². The lowest BCUT2D eigenvalue weighted by Gasteiger charge is -2.27. The van der Waals surface area contributed by atoms with Crippen molar-refractivity contribution in [2.24, 2.45) is 5.73 Å². The van der Waals surface area contributed by atoms with Crippen LogP contribution < -0.4 is 25.8 Å². The first-order valence-corrected chi connectivity index (χ1v) is 8.39. The van der Waals surface area contributed by atoms with Gasteiger partial charge in [-0.2, -0.15) is 0 Å². The van der Waals surface area contributed by atoms with Crippen molar-refractivity contribution >= 4 is 23.4 Å². The monoisotopic (exact) mass is 370 g/mol. The summed E-state index contributed by atoms with van der Waals surface area (Å²) in [5.41, 5.74) is 5.41. The first kappa shape index (κ1) is 19.3. The van der Waals surface area contributed by atoms with E-state index in [1.807, 2.05) is 0 Å². The number of hydrogen-bond acceptors (Lipinski definition) is 6. The summed E-state index contributed by atoms with van der Waals surface area (Å²) in [6, 6.07) is 2.99. The summed E-state index contributed by atoms with van der Waals surface area (Å²) in [5, 5.41) is 6.32. The molecule has 1 saturated heterocycles. The molecule has 1 aliphatic rings. The Morgan fingerprint density at radius 3 is 2.72 bits per heavy atom. The van der Waals surface area contributed by atoms with Crippen LogP contribution in [-0.4, -0.2) is 69.7 Å². The van der Waals surface area contributed by atoms with E-state index in [1.54, 1.807) is 0 Å². The van der Waals surface area contributed by atoms with Crippen LogP contribution in [0.25, 0.3) is 0 Å². The van der Waals surface area contributed by atoms with Crippen LogP contribution in [0.3, 0.4) is 0 Å². The molecule has 1 heterocycles. The first-order chi connectivity index (χ1) is 12.0. The fourth-order valence-corrected chi connectivity index (χ4v) is 2.76. The van der Waals surface area contributed by atoms with Crippen LogP contribution >= 0.6 is 11.6 Å². The number of nitrogens with two attached hydrogens (primary N) is 1. The predicted octanol–water partition coefficient (Wildman–Crippen LogP) is -0.152. The van der Waals surface area contributed by atoms with Gasteiger partial charge < -0.3 is 25.8 Å². The second kappa shape index (κ2) is 9.45. The van der Waals surface area contributed by atoms with Crippen molar-refractivity contribution in [3.05, 3.63) is 22.7 Å². The van der Waals surface area contributed by atoms with Gasteiger partial charge in [-0.05, 0) is 12.1 Å². The van der Waals surface area contributed by atoms with Gasteiger partial charge in [0.15, 0.2) is 18.1 Å². The molecule has 0 radical (unpaired) electrons. The topological polar surface area (TPSA) is 106 Å². The van der Waals surface area contributed by atoms with Gasteiger partial charge in [-0.1, -0.05) is 11.6 Å². The van der Waals surface area contributed by atoms with Crippen molar-refractivity contribution in [1.82, 2.24) is 15.5 Å². The van der Waals surface area contributed by atoms with Gasteiger partial charge in [-0.25, -0.2) is 0 Å². The molecule has 0 aromatic heterocycles. The number of rotatable bonds is 8. The van der Waals surface area contributed by atoms with Crippen molar-refractivity contribution < 1.29 is 19.1 Å². The zero-order chi connectivity index (χ0) is 18.2. The highest BCUT2D eigenvalue weighted by molar-refractivity contribution is 6.32. The normalized spacial score (nSPS) is 14.8. The van der Waals surface area contributed by atoms with E-state index in [9.17, 15) is 9.59 Å². The van der Waals surface area contributed by atoms with Crippen molar-refractivity contribution in [2.75, 3.05) is 53.0 Å². The molecule has 0 unspecified atom stereocenters. The van der Waals surface area contributed by atoms with E-state index in [1.165, 1.54) is 19.2 Å². The van der Waals surface area contributed by atoms with E-state index < -0.39 is 5.91 Å². The number of nitrogens with zero attached hydrogens (tertiary/aromatic N) is 1. The minimum Gasteiger partial charge on any atom is -0.493 e. The minimum absolute atomic E-state index is 0.174. The highest BCUT2D eigenvalue weighted by atomic mass is 35.5. The third kappa shape index (κ3) is 5.77. The molecule has 0 aliphatic carbocycles. The smallest absolute Gasteiger partial charge is 0.255 e. The number of carbonyl (C=O) groups excluding carboxylic acids is 2. The van der Waals surface area contributed by atoms with E-state index in [0.717, 1.165) is 32.7 Å². The van der Waals surface area contributed by atoms with E-state index in [4.69, 9.17) is 26.8 Å². The average Bonchev–Trinajstić information content (AvgIpc) is 2.60. The molecule has 1 aromatic rings. The summed E-state index contributed by atoms with van der Waals surface area (Å²) in [4.78, 5) is 25.4. The number of nitrogens with one attached hydrogen (secondary N) is 2. The molecule has 0 spiro atoms. The summed E-state index contributed by atoms with van der Waals surface area (Å²) in [6.07, 6.45) is 0. The number of benzene rings is 1. The van der Waals surface area contributed by atoms with E-state index >= 15 is 0 Å². The third-order valence-electron chi connectivity index (χ3n) is 3.77. The van der Waals surface area contributed by atoms with Gasteiger partial charge in [-0.15, -0.1) is 0 Å². The van der Waals surface area contributed by atoms with Crippen LogP contribution in [0.5, 0.6) is 11.5 Å². The maximum absolute atomic E-state index is 12.3. The SMILES string of the molecule is COc1cc(C(=O)NCCN2CCNCC2)cc(Cl)c1OCC(N)=O. The highest BCUT2D eigenvalue weighted by Crippen LogP contribution is 2.36. The molecule has 0 saturated carbocycles. The fraction of sp³-hybridized carbons (Fsp3) is 0.500. The lowest BCUT2D eigenvalue weighted by Crippen LogP contribution is -2.46. The Hall–Kier alpha value is -2.03. The molecule has 8 nitrogen and oxygen atoms in total. The Labute approximate surface area is 151 Å². The van der Waals surface area contributed by atoms with Gasteiger partial charge in [-0.3, -0.25) is 14.5 Å². The maximum Gasteiger partial charge on any atom is 0.255 e. The van der Waals surface area contributed by atoms with E-state index in [-0.39, 0.29) is 29.0 Å². The molecule has 2 amide bonds.